The number of hydrogen-bond acceptors (Lipinski definition) is 3. The van der Waals surface area contributed by atoms with Crippen molar-refractivity contribution in [3.05, 3.63) is 24.2 Å². The van der Waals surface area contributed by atoms with Crippen molar-refractivity contribution in [3.8, 4) is 0 Å². The second kappa shape index (κ2) is 9.51. The lowest BCUT2D eigenvalue weighted by Crippen LogP contribution is -2.45. The van der Waals surface area contributed by atoms with Gasteiger partial charge >= 0.3 is 6.03 Å². The van der Waals surface area contributed by atoms with Gasteiger partial charge in [-0.25, -0.2) is 4.79 Å². The first-order valence-corrected chi connectivity index (χ1v) is 8.36. The van der Waals surface area contributed by atoms with Crippen LogP contribution in [-0.2, 0) is 11.3 Å². The van der Waals surface area contributed by atoms with Crippen LogP contribution in [0.1, 0.15) is 50.7 Å². The van der Waals surface area contributed by atoms with E-state index >= 15 is 0 Å². The Labute approximate surface area is 133 Å². The minimum atomic E-state index is -0.0148. The van der Waals surface area contributed by atoms with Crippen molar-refractivity contribution in [2.75, 3.05) is 20.3 Å². The third-order valence-corrected chi connectivity index (χ3v) is 4.21. The number of furan rings is 1. The molecule has 0 radical (unpaired) electrons. The lowest BCUT2D eigenvalue weighted by Gasteiger charge is -2.27. The molecule has 1 aliphatic rings. The van der Waals surface area contributed by atoms with Crippen LogP contribution in [0.3, 0.4) is 0 Å². The molecule has 1 N–H and O–H groups in total. The number of amides is 2. The minimum Gasteiger partial charge on any atom is -0.467 e. The van der Waals surface area contributed by atoms with Gasteiger partial charge in [-0.1, -0.05) is 32.1 Å². The fourth-order valence-electron chi connectivity index (χ4n) is 2.91. The second-order valence-electron chi connectivity index (χ2n) is 5.99. The molecule has 1 fully saturated rings. The monoisotopic (exact) mass is 308 g/mol. The Bertz CT molecular complexity index is 412. The molecule has 124 valence electrons. The average Bonchev–Trinajstić information content (AvgIpc) is 2.99. The van der Waals surface area contributed by atoms with E-state index in [0.29, 0.717) is 25.7 Å². The van der Waals surface area contributed by atoms with Crippen molar-refractivity contribution in [1.29, 1.82) is 0 Å². The van der Waals surface area contributed by atoms with Gasteiger partial charge in [0.05, 0.1) is 19.4 Å². The van der Waals surface area contributed by atoms with Crippen LogP contribution in [0.4, 0.5) is 4.79 Å². The van der Waals surface area contributed by atoms with Gasteiger partial charge < -0.3 is 19.4 Å². The van der Waals surface area contributed by atoms with E-state index in [9.17, 15) is 4.79 Å². The van der Waals surface area contributed by atoms with E-state index in [1.54, 1.807) is 18.3 Å². The highest BCUT2D eigenvalue weighted by molar-refractivity contribution is 5.74. The van der Waals surface area contributed by atoms with E-state index in [1.165, 1.54) is 32.1 Å². The molecule has 0 atom stereocenters. The summed E-state index contributed by atoms with van der Waals surface area (Å²) in [4.78, 5) is 14.3. The number of rotatable bonds is 6. The van der Waals surface area contributed by atoms with Gasteiger partial charge in [-0.15, -0.1) is 0 Å². The first kappa shape index (κ1) is 16.9. The lowest BCUT2D eigenvalue weighted by atomic mass is 9.97. The number of methoxy groups -OCH3 is 1. The van der Waals surface area contributed by atoms with E-state index in [2.05, 4.69) is 5.32 Å². The van der Waals surface area contributed by atoms with Crippen molar-refractivity contribution in [1.82, 2.24) is 10.2 Å². The molecule has 1 saturated carbocycles. The summed E-state index contributed by atoms with van der Waals surface area (Å²) in [6, 6.07) is 4.02. The fraction of sp³-hybridized carbons (Fsp3) is 0.706. The normalized spacial score (nSPS) is 16.8. The number of carbonyl (C=O) groups excluding carboxylic acids is 1. The summed E-state index contributed by atoms with van der Waals surface area (Å²) in [7, 11) is 1.65. The SMILES string of the molecule is COCCN(Cc1ccco1)C(=O)NC1CCCCCCC1. The van der Waals surface area contributed by atoms with Gasteiger partial charge in [-0.05, 0) is 25.0 Å². The van der Waals surface area contributed by atoms with Crippen LogP contribution in [0.5, 0.6) is 0 Å². The Morgan fingerprint density at radius 3 is 2.68 bits per heavy atom. The highest BCUT2D eigenvalue weighted by Gasteiger charge is 2.19. The van der Waals surface area contributed by atoms with Crippen LogP contribution in [-0.4, -0.2) is 37.2 Å². The maximum atomic E-state index is 12.6. The smallest absolute Gasteiger partial charge is 0.318 e. The summed E-state index contributed by atoms with van der Waals surface area (Å²) in [6.07, 6.45) is 10.1. The molecule has 0 aromatic carbocycles. The molecule has 0 aliphatic heterocycles. The molecule has 0 saturated heterocycles. The standard InChI is InChI=1S/C17H28N2O3/c1-21-13-11-19(14-16-10-7-12-22-16)17(20)18-15-8-5-3-2-4-6-9-15/h7,10,12,15H,2-6,8-9,11,13-14H2,1H3,(H,18,20). The van der Waals surface area contributed by atoms with Gasteiger partial charge in [0.1, 0.15) is 5.76 Å². The molecule has 1 aliphatic carbocycles. The molecule has 0 unspecified atom stereocenters. The third-order valence-electron chi connectivity index (χ3n) is 4.21. The molecule has 2 amide bonds. The molecule has 1 heterocycles. The third kappa shape index (κ3) is 5.72. The van der Waals surface area contributed by atoms with Crippen LogP contribution >= 0.6 is 0 Å². The molecule has 5 heteroatoms. The number of hydrogen-bond donors (Lipinski definition) is 1. The van der Waals surface area contributed by atoms with Gasteiger partial charge in [0.25, 0.3) is 0 Å². The van der Waals surface area contributed by atoms with Crippen molar-refractivity contribution < 1.29 is 13.9 Å². The molecule has 5 nitrogen and oxygen atoms in total. The van der Waals surface area contributed by atoms with Gasteiger partial charge in [-0.3, -0.25) is 0 Å². The maximum absolute atomic E-state index is 12.6. The first-order valence-electron chi connectivity index (χ1n) is 8.36. The molecule has 1 aromatic heterocycles. The first-order chi connectivity index (χ1) is 10.8. The van der Waals surface area contributed by atoms with Crippen LogP contribution in [0, 0.1) is 0 Å². The minimum absolute atomic E-state index is 0.0148. The van der Waals surface area contributed by atoms with E-state index in [0.717, 1.165) is 18.6 Å². The number of ether oxygens (including phenoxy) is 1. The largest absolute Gasteiger partial charge is 0.467 e. The van der Waals surface area contributed by atoms with E-state index < -0.39 is 0 Å². The summed E-state index contributed by atoms with van der Waals surface area (Å²) in [5.74, 6) is 0.795. The van der Waals surface area contributed by atoms with Crippen LogP contribution in [0.2, 0.25) is 0 Å². The Balaban J connectivity index is 1.88. The lowest BCUT2D eigenvalue weighted by molar-refractivity contribution is 0.140. The zero-order chi connectivity index (χ0) is 15.6. The number of carbonyl (C=O) groups is 1. The predicted molar refractivity (Wildman–Crippen MR) is 85.6 cm³/mol. The molecule has 2 rings (SSSR count). The van der Waals surface area contributed by atoms with Crippen LogP contribution < -0.4 is 5.32 Å². The van der Waals surface area contributed by atoms with E-state index in [-0.39, 0.29) is 6.03 Å². The van der Waals surface area contributed by atoms with E-state index in [4.69, 9.17) is 9.15 Å². The molecule has 0 spiro atoms. The zero-order valence-electron chi connectivity index (χ0n) is 13.6. The summed E-state index contributed by atoms with van der Waals surface area (Å²) in [5, 5.41) is 3.20. The van der Waals surface area contributed by atoms with Crippen molar-refractivity contribution in [2.24, 2.45) is 0 Å². The van der Waals surface area contributed by atoms with Gasteiger partial charge in [-0.2, -0.15) is 0 Å². The summed E-state index contributed by atoms with van der Waals surface area (Å²) < 4.78 is 10.5. The highest BCUT2D eigenvalue weighted by Crippen LogP contribution is 2.17. The maximum Gasteiger partial charge on any atom is 0.318 e. The van der Waals surface area contributed by atoms with Gasteiger partial charge in [0, 0.05) is 19.7 Å². The number of urea groups is 1. The van der Waals surface area contributed by atoms with Crippen LogP contribution in [0.25, 0.3) is 0 Å². The number of nitrogens with zero attached hydrogens (tertiary/aromatic N) is 1. The molecule has 22 heavy (non-hydrogen) atoms. The van der Waals surface area contributed by atoms with Gasteiger partial charge in [0.2, 0.25) is 0 Å². The van der Waals surface area contributed by atoms with Crippen molar-refractivity contribution in [2.45, 2.75) is 57.5 Å². The summed E-state index contributed by atoms with van der Waals surface area (Å²) in [5.41, 5.74) is 0. The average molecular weight is 308 g/mol. The molecule has 1 aromatic rings. The predicted octanol–water partition coefficient (Wildman–Crippen LogP) is 3.55. The second-order valence-corrected chi connectivity index (χ2v) is 5.99. The fourth-order valence-corrected chi connectivity index (χ4v) is 2.91. The summed E-state index contributed by atoms with van der Waals surface area (Å²) in [6.45, 7) is 1.57. The molecule has 0 bridgehead atoms. The van der Waals surface area contributed by atoms with Crippen molar-refractivity contribution in [3.63, 3.8) is 0 Å². The Morgan fingerprint density at radius 1 is 1.32 bits per heavy atom. The van der Waals surface area contributed by atoms with E-state index in [1.807, 2.05) is 12.1 Å². The molecular weight excluding hydrogens is 280 g/mol. The Kier molecular flexibility index (Phi) is 7.30. The number of nitrogens with one attached hydrogen (secondary N) is 1. The molecular formula is C17H28N2O3. The Hall–Kier alpha value is -1.49. The zero-order valence-corrected chi connectivity index (χ0v) is 13.6. The topological polar surface area (TPSA) is 54.7 Å². The van der Waals surface area contributed by atoms with Crippen LogP contribution in [0.15, 0.2) is 22.8 Å². The van der Waals surface area contributed by atoms with Crippen molar-refractivity contribution >= 4 is 6.03 Å². The highest BCUT2D eigenvalue weighted by atomic mass is 16.5. The summed E-state index contributed by atoms with van der Waals surface area (Å²) >= 11 is 0. The van der Waals surface area contributed by atoms with Gasteiger partial charge in [0.15, 0.2) is 0 Å². The quantitative estimate of drug-likeness (QED) is 0.874. The Morgan fingerprint density at radius 2 is 2.05 bits per heavy atom.